The highest BCUT2D eigenvalue weighted by atomic mass is 35.5. The number of urea groups is 1. The van der Waals surface area contributed by atoms with Gasteiger partial charge >= 0.3 is 6.03 Å². The van der Waals surface area contributed by atoms with Crippen LogP contribution in [0.15, 0.2) is 18.2 Å². The second-order valence-electron chi connectivity index (χ2n) is 4.65. The number of nitrogens with zero attached hydrogens (tertiary/aromatic N) is 1. The van der Waals surface area contributed by atoms with E-state index in [4.69, 9.17) is 33.0 Å². The van der Waals surface area contributed by atoms with Crippen LogP contribution >= 0.6 is 23.2 Å². The van der Waals surface area contributed by atoms with E-state index in [0.717, 1.165) is 0 Å². The highest BCUT2D eigenvalue weighted by Crippen LogP contribution is 2.27. The van der Waals surface area contributed by atoms with Crippen molar-refractivity contribution in [1.82, 2.24) is 10.2 Å². The Labute approximate surface area is 134 Å². The summed E-state index contributed by atoms with van der Waals surface area (Å²) in [5.41, 5.74) is 0. The molecule has 1 atom stereocenters. The lowest BCUT2D eigenvalue weighted by Gasteiger charge is -2.23. The van der Waals surface area contributed by atoms with Crippen molar-refractivity contribution in [3.05, 3.63) is 28.2 Å². The van der Waals surface area contributed by atoms with Crippen molar-refractivity contribution in [3.8, 4) is 5.75 Å². The Morgan fingerprint density at radius 3 is 2.81 bits per heavy atom. The molecule has 1 aromatic carbocycles. The van der Waals surface area contributed by atoms with Gasteiger partial charge < -0.3 is 20.1 Å². The van der Waals surface area contributed by atoms with Crippen LogP contribution in [0.2, 0.25) is 10.0 Å². The van der Waals surface area contributed by atoms with E-state index in [9.17, 15) is 4.79 Å². The van der Waals surface area contributed by atoms with E-state index in [2.05, 4.69) is 5.32 Å². The van der Waals surface area contributed by atoms with Crippen LogP contribution in [0.3, 0.4) is 0 Å². The van der Waals surface area contributed by atoms with Gasteiger partial charge in [-0.2, -0.15) is 0 Å². The zero-order valence-corrected chi connectivity index (χ0v) is 13.6. The van der Waals surface area contributed by atoms with Crippen molar-refractivity contribution >= 4 is 29.2 Å². The van der Waals surface area contributed by atoms with Crippen molar-refractivity contribution in [2.24, 2.45) is 0 Å². The van der Waals surface area contributed by atoms with Gasteiger partial charge in [-0.25, -0.2) is 4.79 Å². The summed E-state index contributed by atoms with van der Waals surface area (Å²) in [6.45, 7) is 2.61. The van der Waals surface area contributed by atoms with Gasteiger partial charge in [0.25, 0.3) is 0 Å². The molecule has 1 aromatic rings. The van der Waals surface area contributed by atoms with E-state index >= 15 is 0 Å². The first kappa shape index (κ1) is 17.9. The fourth-order valence-electron chi connectivity index (χ4n) is 1.49. The predicted molar refractivity (Wildman–Crippen MR) is 84.3 cm³/mol. The molecule has 0 radical (unpaired) electrons. The third-order valence-electron chi connectivity index (χ3n) is 2.99. The van der Waals surface area contributed by atoms with Crippen LogP contribution in [-0.2, 0) is 0 Å². The van der Waals surface area contributed by atoms with E-state index < -0.39 is 0 Å². The lowest BCUT2D eigenvalue weighted by Crippen LogP contribution is -2.44. The smallest absolute Gasteiger partial charge is 0.317 e. The first-order valence-corrected chi connectivity index (χ1v) is 7.40. The Bertz CT molecular complexity index is 472. The van der Waals surface area contributed by atoms with E-state index in [-0.39, 0.29) is 18.7 Å². The minimum absolute atomic E-state index is 0.0674. The van der Waals surface area contributed by atoms with Crippen molar-refractivity contribution in [1.29, 1.82) is 0 Å². The van der Waals surface area contributed by atoms with Gasteiger partial charge in [-0.1, -0.05) is 23.2 Å². The fourth-order valence-corrected chi connectivity index (χ4v) is 1.95. The predicted octanol–water partition coefficient (Wildman–Crippen LogP) is 2.78. The fraction of sp³-hybridized carbons (Fsp3) is 0.500. The molecule has 1 unspecified atom stereocenters. The number of benzene rings is 1. The molecule has 7 heteroatoms. The standard InChI is InChI=1S/C14H20Cl2N2O3/c1-10(9-19)18(2)14(20)17-6-3-7-21-13-5-4-11(15)8-12(13)16/h4-5,8,10,19H,3,6-7,9H2,1-2H3,(H,17,20). The van der Waals surface area contributed by atoms with Gasteiger partial charge in [-0.15, -0.1) is 0 Å². The maximum absolute atomic E-state index is 11.7. The van der Waals surface area contributed by atoms with Crippen molar-refractivity contribution in [2.45, 2.75) is 19.4 Å². The minimum Gasteiger partial charge on any atom is -0.492 e. The van der Waals surface area contributed by atoms with Gasteiger partial charge in [0.1, 0.15) is 5.75 Å². The molecule has 0 aromatic heterocycles. The molecule has 0 spiro atoms. The first-order valence-electron chi connectivity index (χ1n) is 6.65. The molecule has 0 saturated heterocycles. The molecule has 5 nitrogen and oxygen atoms in total. The van der Waals surface area contributed by atoms with Crippen LogP contribution in [-0.4, -0.2) is 48.9 Å². The van der Waals surface area contributed by atoms with Crippen LogP contribution in [0.4, 0.5) is 4.79 Å². The van der Waals surface area contributed by atoms with Crippen LogP contribution in [0.5, 0.6) is 5.75 Å². The molecule has 2 N–H and O–H groups in total. The van der Waals surface area contributed by atoms with Gasteiger partial charge in [-0.05, 0) is 31.5 Å². The molecule has 0 aliphatic carbocycles. The number of halogens is 2. The molecule has 118 valence electrons. The van der Waals surface area contributed by atoms with Crippen LogP contribution in [0.1, 0.15) is 13.3 Å². The quantitative estimate of drug-likeness (QED) is 0.753. The number of hydrogen-bond donors (Lipinski definition) is 2. The van der Waals surface area contributed by atoms with Crippen LogP contribution in [0, 0.1) is 0 Å². The number of amides is 2. The summed E-state index contributed by atoms with van der Waals surface area (Å²) in [5, 5.41) is 12.7. The van der Waals surface area contributed by atoms with E-state index in [1.165, 1.54) is 4.90 Å². The van der Waals surface area contributed by atoms with Crippen LogP contribution < -0.4 is 10.1 Å². The maximum atomic E-state index is 11.7. The van der Waals surface area contributed by atoms with Gasteiger partial charge in [0, 0.05) is 18.6 Å². The number of likely N-dealkylation sites (N-methyl/N-ethyl adjacent to an activating group) is 1. The Morgan fingerprint density at radius 2 is 2.19 bits per heavy atom. The Morgan fingerprint density at radius 1 is 1.48 bits per heavy atom. The number of rotatable bonds is 7. The largest absolute Gasteiger partial charge is 0.492 e. The number of carbonyl (C=O) groups is 1. The third kappa shape index (κ3) is 5.99. The summed E-state index contributed by atoms with van der Waals surface area (Å²) in [7, 11) is 1.64. The number of carbonyl (C=O) groups excluding carboxylic acids is 1. The zero-order valence-electron chi connectivity index (χ0n) is 12.1. The van der Waals surface area contributed by atoms with Crippen LogP contribution in [0.25, 0.3) is 0 Å². The van der Waals surface area contributed by atoms with Gasteiger partial charge in [0.05, 0.1) is 24.3 Å². The van der Waals surface area contributed by atoms with E-state index in [1.807, 2.05) is 0 Å². The normalized spacial score (nSPS) is 11.9. The molecular formula is C14H20Cl2N2O3. The Hall–Kier alpha value is -1.17. The molecule has 0 bridgehead atoms. The third-order valence-corrected chi connectivity index (χ3v) is 3.53. The topological polar surface area (TPSA) is 61.8 Å². The molecular weight excluding hydrogens is 315 g/mol. The highest BCUT2D eigenvalue weighted by molar-refractivity contribution is 6.35. The van der Waals surface area contributed by atoms with E-state index in [0.29, 0.717) is 35.4 Å². The average Bonchev–Trinajstić information content (AvgIpc) is 2.47. The number of nitrogens with one attached hydrogen (secondary N) is 1. The maximum Gasteiger partial charge on any atom is 0.317 e. The highest BCUT2D eigenvalue weighted by Gasteiger charge is 2.13. The lowest BCUT2D eigenvalue weighted by molar-refractivity contribution is 0.157. The Balaban J connectivity index is 2.24. The molecule has 0 saturated carbocycles. The number of aliphatic hydroxyl groups is 1. The summed E-state index contributed by atoms with van der Waals surface area (Å²) in [5.74, 6) is 0.568. The summed E-state index contributed by atoms with van der Waals surface area (Å²) >= 11 is 11.8. The summed E-state index contributed by atoms with van der Waals surface area (Å²) in [6, 6.07) is 4.59. The van der Waals surface area contributed by atoms with Crippen molar-refractivity contribution in [3.63, 3.8) is 0 Å². The zero-order chi connectivity index (χ0) is 15.8. The molecule has 21 heavy (non-hydrogen) atoms. The minimum atomic E-state index is -0.221. The second-order valence-corrected chi connectivity index (χ2v) is 5.49. The number of ether oxygens (including phenoxy) is 1. The summed E-state index contributed by atoms with van der Waals surface area (Å²) in [4.78, 5) is 13.2. The number of hydrogen-bond acceptors (Lipinski definition) is 3. The van der Waals surface area contributed by atoms with Crippen molar-refractivity contribution < 1.29 is 14.6 Å². The van der Waals surface area contributed by atoms with E-state index in [1.54, 1.807) is 32.2 Å². The average molecular weight is 335 g/mol. The van der Waals surface area contributed by atoms with Gasteiger partial charge in [0.15, 0.2) is 0 Å². The van der Waals surface area contributed by atoms with Crippen molar-refractivity contribution in [2.75, 3.05) is 26.8 Å². The molecule has 0 heterocycles. The lowest BCUT2D eigenvalue weighted by atomic mass is 10.3. The second kappa shape index (κ2) is 8.97. The van der Waals surface area contributed by atoms with Gasteiger partial charge in [0.2, 0.25) is 0 Å². The summed E-state index contributed by atoms with van der Waals surface area (Å²) < 4.78 is 5.51. The molecule has 2 amide bonds. The van der Waals surface area contributed by atoms with Gasteiger partial charge in [-0.3, -0.25) is 0 Å². The molecule has 0 aliphatic rings. The molecule has 0 fully saturated rings. The summed E-state index contributed by atoms with van der Waals surface area (Å²) in [6.07, 6.45) is 0.645. The first-order chi connectivity index (χ1) is 9.95. The molecule has 1 rings (SSSR count). The monoisotopic (exact) mass is 334 g/mol. The Kier molecular flexibility index (Phi) is 7.64. The molecule has 0 aliphatic heterocycles. The number of aliphatic hydroxyl groups excluding tert-OH is 1. The SMILES string of the molecule is CC(CO)N(C)C(=O)NCCCOc1ccc(Cl)cc1Cl.